The third-order valence-electron chi connectivity index (χ3n) is 2.97. The summed E-state index contributed by atoms with van der Waals surface area (Å²) >= 11 is 3.42. The second-order valence-corrected chi connectivity index (χ2v) is 5.50. The summed E-state index contributed by atoms with van der Waals surface area (Å²) in [5, 5.41) is 0. The average Bonchev–Trinajstić information content (AvgIpc) is 2.04. The van der Waals surface area contributed by atoms with Crippen LogP contribution >= 0.6 is 15.9 Å². The van der Waals surface area contributed by atoms with E-state index < -0.39 is 0 Å². The Kier molecular flexibility index (Phi) is 4.47. The largest absolute Gasteiger partial charge is 0.299 e. The lowest BCUT2D eigenvalue weighted by Gasteiger charge is -2.33. The summed E-state index contributed by atoms with van der Waals surface area (Å²) < 4.78 is 1.11. The molecule has 0 saturated carbocycles. The first-order chi connectivity index (χ1) is 6.09. The van der Waals surface area contributed by atoms with Crippen LogP contribution in [0.15, 0.2) is 11.1 Å². The van der Waals surface area contributed by atoms with E-state index in [0.29, 0.717) is 0 Å². The SMILES string of the molecule is C=C(Br)CN1CCC(C(C)C)CC1. The van der Waals surface area contributed by atoms with Crippen molar-refractivity contribution in [2.75, 3.05) is 19.6 Å². The first kappa shape index (κ1) is 11.3. The van der Waals surface area contributed by atoms with Crippen molar-refractivity contribution in [3.8, 4) is 0 Å². The molecule has 1 aliphatic heterocycles. The van der Waals surface area contributed by atoms with Gasteiger partial charge >= 0.3 is 0 Å². The Balaban J connectivity index is 2.26. The van der Waals surface area contributed by atoms with Crippen LogP contribution in [0.4, 0.5) is 0 Å². The number of likely N-dealkylation sites (tertiary alicyclic amines) is 1. The average molecular weight is 246 g/mol. The fourth-order valence-corrected chi connectivity index (χ4v) is 2.37. The number of piperidine rings is 1. The molecule has 0 aromatic heterocycles. The van der Waals surface area contributed by atoms with E-state index in [0.717, 1.165) is 22.9 Å². The van der Waals surface area contributed by atoms with Gasteiger partial charge in [-0.15, -0.1) is 0 Å². The Labute approximate surface area is 90.3 Å². The molecule has 0 amide bonds. The highest BCUT2D eigenvalue weighted by molar-refractivity contribution is 9.11. The van der Waals surface area contributed by atoms with E-state index in [1.54, 1.807) is 0 Å². The van der Waals surface area contributed by atoms with Crippen molar-refractivity contribution >= 4 is 15.9 Å². The second-order valence-electron chi connectivity index (χ2n) is 4.37. The molecule has 76 valence electrons. The first-order valence-corrected chi connectivity index (χ1v) is 5.94. The van der Waals surface area contributed by atoms with Gasteiger partial charge in [-0.05, 0) is 37.8 Å². The minimum atomic E-state index is 0.856. The van der Waals surface area contributed by atoms with Gasteiger partial charge in [-0.2, -0.15) is 0 Å². The molecule has 2 heteroatoms. The maximum absolute atomic E-state index is 3.88. The smallest absolute Gasteiger partial charge is 0.0293 e. The molecular formula is C11H20BrN. The maximum Gasteiger partial charge on any atom is 0.0293 e. The molecule has 0 aromatic carbocycles. The van der Waals surface area contributed by atoms with Crippen molar-refractivity contribution in [3.05, 3.63) is 11.1 Å². The summed E-state index contributed by atoms with van der Waals surface area (Å²) in [6, 6.07) is 0. The van der Waals surface area contributed by atoms with E-state index in [1.807, 2.05) is 0 Å². The number of halogens is 1. The molecule has 1 heterocycles. The summed E-state index contributed by atoms with van der Waals surface area (Å²) in [5.41, 5.74) is 0. The Bertz CT molecular complexity index is 169. The molecular weight excluding hydrogens is 226 g/mol. The second kappa shape index (κ2) is 5.16. The molecule has 0 aliphatic carbocycles. The van der Waals surface area contributed by atoms with E-state index >= 15 is 0 Å². The van der Waals surface area contributed by atoms with Gasteiger partial charge in [-0.25, -0.2) is 0 Å². The lowest BCUT2D eigenvalue weighted by atomic mass is 9.87. The van der Waals surface area contributed by atoms with Crippen molar-refractivity contribution in [2.45, 2.75) is 26.7 Å². The van der Waals surface area contributed by atoms with Crippen LogP contribution in [0.3, 0.4) is 0 Å². The van der Waals surface area contributed by atoms with Crippen LogP contribution in [0.25, 0.3) is 0 Å². The summed E-state index contributed by atoms with van der Waals surface area (Å²) in [4.78, 5) is 2.48. The molecule has 1 aliphatic rings. The zero-order valence-corrected chi connectivity index (χ0v) is 10.3. The van der Waals surface area contributed by atoms with Gasteiger partial charge in [0, 0.05) is 11.0 Å². The van der Waals surface area contributed by atoms with E-state index in [2.05, 4.69) is 41.3 Å². The van der Waals surface area contributed by atoms with E-state index in [9.17, 15) is 0 Å². The van der Waals surface area contributed by atoms with Crippen molar-refractivity contribution < 1.29 is 0 Å². The van der Waals surface area contributed by atoms with Gasteiger partial charge in [0.2, 0.25) is 0 Å². The predicted molar refractivity (Wildman–Crippen MR) is 62.1 cm³/mol. The standard InChI is InChI=1S/C11H20BrN/c1-9(2)11-4-6-13(7-5-11)8-10(3)12/h9,11H,3-8H2,1-2H3. The Morgan fingerprint density at radius 1 is 1.46 bits per heavy atom. The normalized spacial score (nSPS) is 20.9. The van der Waals surface area contributed by atoms with Crippen LogP contribution in [-0.4, -0.2) is 24.5 Å². The van der Waals surface area contributed by atoms with Crippen LogP contribution in [-0.2, 0) is 0 Å². The zero-order chi connectivity index (χ0) is 9.84. The summed E-state index contributed by atoms with van der Waals surface area (Å²) in [6.45, 7) is 12.1. The summed E-state index contributed by atoms with van der Waals surface area (Å²) in [5.74, 6) is 1.80. The Morgan fingerprint density at radius 3 is 2.38 bits per heavy atom. The monoisotopic (exact) mass is 245 g/mol. The van der Waals surface area contributed by atoms with E-state index in [-0.39, 0.29) is 0 Å². The Morgan fingerprint density at radius 2 is 2.00 bits per heavy atom. The minimum absolute atomic E-state index is 0.856. The van der Waals surface area contributed by atoms with Crippen molar-refractivity contribution in [2.24, 2.45) is 11.8 Å². The lowest BCUT2D eigenvalue weighted by Crippen LogP contribution is -2.35. The van der Waals surface area contributed by atoms with Gasteiger partial charge in [0.05, 0.1) is 0 Å². The van der Waals surface area contributed by atoms with Gasteiger partial charge in [0.1, 0.15) is 0 Å². The van der Waals surface area contributed by atoms with Crippen LogP contribution in [0.5, 0.6) is 0 Å². The number of rotatable bonds is 3. The topological polar surface area (TPSA) is 3.24 Å². The molecule has 1 saturated heterocycles. The highest BCUT2D eigenvalue weighted by Crippen LogP contribution is 2.24. The van der Waals surface area contributed by atoms with E-state index in [4.69, 9.17) is 0 Å². The third-order valence-corrected chi connectivity index (χ3v) is 3.22. The van der Waals surface area contributed by atoms with Crippen LogP contribution in [0.2, 0.25) is 0 Å². The minimum Gasteiger partial charge on any atom is -0.299 e. The van der Waals surface area contributed by atoms with Crippen molar-refractivity contribution in [1.82, 2.24) is 4.90 Å². The van der Waals surface area contributed by atoms with Crippen LogP contribution < -0.4 is 0 Å². The quantitative estimate of drug-likeness (QED) is 0.738. The number of hydrogen-bond acceptors (Lipinski definition) is 1. The fourth-order valence-electron chi connectivity index (χ4n) is 2.02. The lowest BCUT2D eigenvalue weighted by molar-refractivity contribution is 0.170. The molecule has 13 heavy (non-hydrogen) atoms. The van der Waals surface area contributed by atoms with Crippen LogP contribution in [0, 0.1) is 11.8 Å². The molecule has 1 fully saturated rings. The van der Waals surface area contributed by atoms with Gasteiger partial charge < -0.3 is 0 Å². The highest BCUT2D eigenvalue weighted by atomic mass is 79.9. The van der Waals surface area contributed by atoms with Crippen LogP contribution in [0.1, 0.15) is 26.7 Å². The first-order valence-electron chi connectivity index (χ1n) is 5.15. The highest BCUT2D eigenvalue weighted by Gasteiger charge is 2.21. The Hall–Kier alpha value is 0.180. The van der Waals surface area contributed by atoms with Gasteiger partial charge in [0.15, 0.2) is 0 Å². The zero-order valence-electron chi connectivity index (χ0n) is 8.72. The van der Waals surface area contributed by atoms with E-state index in [1.165, 1.54) is 25.9 Å². The molecule has 1 rings (SSSR count). The van der Waals surface area contributed by atoms with Gasteiger partial charge in [-0.3, -0.25) is 4.90 Å². The molecule has 0 bridgehead atoms. The molecule has 0 radical (unpaired) electrons. The van der Waals surface area contributed by atoms with Gasteiger partial charge in [0.25, 0.3) is 0 Å². The summed E-state index contributed by atoms with van der Waals surface area (Å²) in [6.07, 6.45) is 2.72. The molecule has 0 aromatic rings. The number of hydrogen-bond donors (Lipinski definition) is 0. The molecule has 0 N–H and O–H groups in total. The third kappa shape index (κ3) is 3.82. The molecule has 0 atom stereocenters. The predicted octanol–water partition coefficient (Wildman–Crippen LogP) is 3.26. The molecule has 1 nitrogen and oxygen atoms in total. The van der Waals surface area contributed by atoms with Crippen molar-refractivity contribution in [3.63, 3.8) is 0 Å². The fraction of sp³-hybridized carbons (Fsp3) is 0.818. The maximum atomic E-state index is 3.88. The molecule has 0 spiro atoms. The van der Waals surface area contributed by atoms with Crippen molar-refractivity contribution in [1.29, 1.82) is 0 Å². The molecule has 0 unspecified atom stereocenters. The number of nitrogens with zero attached hydrogens (tertiary/aromatic N) is 1. The van der Waals surface area contributed by atoms with Gasteiger partial charge in [-0.1, -0.05) is 36.4 Å². The summed E-state index contributed by atoms with van der Waals surface area (Å²) in [7, 11) is 0.